The van der Waals surface area contributed by atoms with Crippen molar-refractivity contribution in [3.8, 4) is 5.69 Å². The van der Waals surface area contributed by atoms with E-state index in [1.54, 1.807) is 48.3 Å². The van der Waals surface area contributed by atoms with Crippen molar-refractivity contribution in [1.29, 1.82) is 0 Å². The van der Waals surface area contributed by atoms with Crippen molar-refractivity contribution in [2.45, 2.75) is 24.3 Å². The summed E-state index contributed by atoms with van der Waals surface area (Å²) in [6, 6.07) is 17.5. The molecule has 1 aliphatic heterocycles. The van der Waals surface area contributed by atoms with E-state index in [4.69, 9.17) is 0 Å². The molecule has 7 nitrogen and oxygen atoms in total. The molecule has 1 aliphatic rings. The van der Waals surface area contributed by atoms with Gasteiger partial charge in [-0.05, 0) is 41.5 Å². The van der Waals surface area contributed by atoms with E-state index in [9.17, 15) is 12.8 Å². The molecule has 3 aromatic carbocycles. The third kappa shape index (κ3) is 4.28. The number of sulfonamides is 1. The van der Waals surface area contributed by atoms with Crippen LogP contribution >= 0.6 is 0 Å². The summed E-state index contributed by atoms with van der Waals surface area (Å²) >= 11 is 0. The molecule has 0 amide bonds. The van der Waals surface area contributed by atoms with E-state index >= 15 is 4.39 Å². The molecule has 0 saturated heterocycles. The molecule has 178 valence electrons. The first-order chi connectivity index (χ1) is 16.8. The average Bonchev–Trinajstić information content (AvgIpc) is 3.37. The Balaban J connectivity index is 1.54. The SMILES string of the molecule is CC(c1ccccc1F)c1c(F)ccc2c1NC(=NCc1ccccc1-n1cccn1)NS2(=O)=O. The second-order valence-electron chi connectivity index (χ2n) is 8.05. The van der Waals surface area contributed by atoms with E-state index in [2.05, 4.69) is 20.1 Å². The summed E-state index contributed by atoms with van der Waals surface area (Å²) in [5.74, 6) is -1.96. The summed E-state index contributed by atoms with van der Waals surface area (Å²) < 4.78 is 59.6. The fraction of sp³-hybridized carbons (Fsp3) is 0.120. The summed E-state index contributed by atoms with van der Waals surface area (Å²) in [7, 11) is -4.04. The molecule has 0 fully saturated rings. The van der Waals surface area contributed by atoms with Crippen LogP contribution in [0.15, 0.2) is 89.0 Å². The molecule has 1 unspecified atom stereocenters. The zero-order valence-corrected chi connectivity index (χ0v) is 19.4. The number of rotatable bonds is 5. The van der Waals surface area contributed by atoms with Crippen LogP contribution in [0, 0.1) is 11.6 Å². The predicted molar refractivity (Wildman–Crippen MR) is 129 cm³/mol. The first kappa shape index (κ1) is 22.7. The number of aliphatic imine (C=N–C) groups is 1. The quantitative estimate of drug-likeness (QED) is 0.427. The zero-order chi connectivity index (χ0) is 24.6. The number of nitrogens with zero attached hydrogens (tertiary/aromatic N) is 3. The minimum absolute atomic E-state index is 0.0404. The molecule has 0 spiro atoms. The van der Waals surface area contributed by atoms with Gasteiger partial charge in [0, 0.05) is 23.9 Å². The van der Waals surface area contributed by atoms with Crippen LogP contribution in [0.1, 0.15) is 29.5 Å². The molecule has 2 heterocycles. The molecule has 0 bridgehead atoms. The number of para-hydroxylation sites is 1. The van der Waals surface area contributed by atoms with Gasteiger partial charge in [-0.3, -0.25) is 0 Å². The maximum Gasteiger partial charge on any atom is 0.266 e. The van der Waals surface area contributed by atoms with Crippen LogP contribution in [-0.4, -0.2) is 24.2 Å². The molecular formula is C25H21F2N5O2S. The average molecular weight is 494 g/mol. The van der Waals surface area contributed by atoms with Crippen LogP contribution in [0.5, 0.6) is 0 Å². The maximum atomic E-state index is 15.1. The van der Waals surface area contributed by atoms with Crippen molar-refractivity contribution in [2.75, 3.05) is 5.32 Å². The lowest BCUT2D eigenvalue weighted by Gasteiger charge is -2.26. The number of hydrogen-bond donors (Lipinski definition) is 2. The molecule has 0 saturated carbocycles. The maximum absolute atomic E-state index is 15.1. The summed E-state index contributed by atoms with van der Waals surface area (Å²) in [6.45, 7) is 1.76. The van der Waals surface area contributed by atoms with Gasteiger partial charge in [0.1, 0.15) is 16.5 Å². The molecule has 2 N–H and O–H groups in total. The van der Waals surface area contributed by atoms with E-state index in [-0.39, 0.29) is 34.2 Å². The van der Waals surface area contributed by atoms with Gasteiger partial charge >= 0.3 is 0 Å². The van der Waals surface area contributed by atoms with E-state index in [0.29, 0.717) is 0 Å². The monoisotopic (exact) mass is 493 g/mol. The molecule has 35 heavy (non-hydrogen) atoms. The van der Waals surface area contributed by atoms with Gasteiger partial charge < -0.3 is 5.32 Å². The van der Waals surface area contributed by atoms with Crippen LogP contribution in [0.2, 0.25) is 0 Å². The Morgan fingerprint density at radius 3 is 2.54 bits per heavy atom. The zero-order valence-electron chi connectivity index (χ0n) is 18.6. The molecule has 10 heteroatoms. The topological polar surface area (TPSA) is 88.4 Å². The Bertz CT molecular complexity index is 1540. The number of fused-ring (bicyclic) bond motifs is 1. The number of hydrogen-bond acceptors (Lipinski definition) is 4. The second kappa shape index (κ2) is 8.95. The normalized spacial score (nSPS) is 16.3. The van der Waals surface area contributed by atoms with E-state index < -0.39 is 27.6 Å². The summed E-state index contributed by atoms with van der Waals surface area (Å²) in [4.78, 5) is 4.29. The van der Waals surface area contributed by atoms with Crippen LogP contribution < -0.4 is 10.0 Å². The minimum Gasteiger partial charge on any atom is -0.324 e. The summed E-state index contributed by atoms with van der Waals surface area (Å²) in [5.41, 5.74) is 1.93. The number of nitrogens with one attached hydrogen (secondary N) is 2. The van der Waals surface area contributed by atoms with Crippen molar-refractivity contribution >= 4 is 21.7 Å². The minimum atomic E-state index is -4.04. The molecule has 1 atom stereocenters. The first-order valence-electron chi connectivity index (χ1n) is 10.8. The lowest BCUT2D eigenvalue weighted by Crippen LogP contribution is -2.41. The van der Waals surface area contributed by atoms with Crippen molar-refractivity contribution in [1.82, 2.24) is 14.5 Å². The first-order valence-corrected chi connectivity index (χ1v) is 12.3. The molecule has 1 aromatic heterocycles. The number of aromatic nitrogens is 2. The van der Waals surface area contributed by atoms with Gasteiger partial charge in [-0.2, -0.15) is 5.10 Å². The molecule has 5 rings (SSSR count). The number of guanidine groups is 1. The summed E-state index contributed by atoms with van der Waals surface area (Å²) in [5, 5.41) is 7.17. The van der Waals surface area contributed by atoms with Gasteiger partial charge in [-0.25, -0.2) is 31.6 Å². The Morgan fingerprint density at radius 1 is 1.00 bits per heavy atom. The number of halogens is 2. The smallest absolute Gasteiger partial charge is 0.266 e. The highest BCUT2D eigenvalue weighted by Crippen LogP contribution is 2.38. The van der Waals surface area contributed by atoms with Crippen LogP contribution in [0.4, 0.5) is 14.5 Å². The van der Waals surface area contributed by atoms with Gasteiger partial charge in [0.15, 0.2) is 0 Å². The van der Waals surface area contributed by atoms with Crippen molar-refractivity contribution in [2.24, 2.45) is 4.99 Å². The predicted octanol–water partition coefficient (Wildman–Crippen LogP) is 4.56. The fourth-order valence-corrected chi connectivity index (χ4v) is 5.33. The van der Waals surface area contributed by atoms with Gasteiger partial charge in [-0.1, -0.05) is 43.3 Å². The highest BCUT2D eigenvalue weighted by Gasteiger charge is 2.32. The van der Waals surface area contributed by atoms with Gasteiger partial charge in [0.05, 0.1) is 17.9 Å². The lowest BCUT2D eigenvalue weighted by molar-refractivity contribution is 0.577. The van der Waals surface area contributed by atoms with Crippen molar-refractivity contribution in [3.63, 3.8) is 0 Å². The van der Waals surface area contributed by atoms with Crippen LogP contribution in [-0.2, 0) is 16.6 Å². The second-order valence-corrected chi connectivity index (χ2v) is 9.70. The highest BCUT2D eigenvalue weighted by atomic mass is 32.2. The van der Waals surface area contributed by atoms with Gasteiger partial charge in [-0.15, -0.1) is 0 Å². The van der Waals surface area contributed by atoms with E-state index in [0.717, 1.165) is 17.3 Å². The Morgan fingerprint density at radius 2 is 1.77 bits per heavy atom. The summed E-state index contributed by atoms with van der Waals surface area (Å²) in [6.07, 6.45) is 3.45. The number of anilines is 1. The third-order valence-electron chi connectivity index (χ3n) is 5.87. The Labute approximate surface area is 201 Å². The lowest BCUT2D eigenvalue weighted by atomic mass is 9.91. The van der Waals surface area contributed by atoms with Crippen LogP contribution in [0.3, 0.4) is 0 Å². The van der Waals surface area contributed by atoms with Crippen molar-refractivity contribution in [3.05, 3.63) is 107 Å². The molecule has 0 radical (unpaired) electrons. The standard InChI is InChI=1S/C25H21F2N5O2S/c1-16(18-8-3-4-9-19(18)26)23-20(27)11-12-22-24(23)30-25(31-35(22,33)34)28-15-17-7-2-5-10-21(17)32-14-6-13-29-32/h2-14,16H,15H2,1H3,(H2,28,30,31). The van der Waals surface area contributed by atoms with Crippen molar-refractivity contribution < 1.29 is 17.2 Å². The third-order valence-corrected chi connectivity index (χ3v) is 7.25. The molecule has 0 aliphatic carbocycles. The van der Waals surface area contributed by atoms with Crippen LogP contribution in [0.25, 0.3) is 5.69 Å². The number of benzene rings is 3. The fourth-order valence-electron chi connectivity index (χ4n) is 4.17. The largest absolute Gasteiger partial charge is 0.324 e. The highest BCUT2D eigenvalue weighted by molar-refractivity contribution is 7.90. The van der Waals surface area contributed by atoms with E-state index in [1.165, 1.54) is 12.1 Å². The molecular weight excluding hydrogens is 472 g/mol. The Hall–Kier alpha value is -4.05. The van der Waals surface area contributed by atoms with Gasteiger partial charge in [0.25, 0.3) is 10.0 Å². The molecule has 4 aromatic rings. The Kier molecular flexibility index (Phi) is 5.81. The van der Waals surface area contributed by atoms with Gasteiger partial charge in [0.2, 0.25) is 5.96 Å². The van der Waals surface area contributed by atoms with E-state index in [1.807, 2.05) is 24.3 Å².